The first-order valence-corrected chi connectivity index (χ1v) is 7.80. The number of H-pyrrole nitrogens is 1. The van der Waals surface area contributed by atoms with Crippen molar-refractivity contribution in [2.45, 2.75) is 26.8 Å². The molecule has 0 spiro atoms. The number of aryl methyl sites for hydroxylation is 1. The summed E-state index contributed by atoms with van der Waals surface area (Å²) in [4.78, 5) is 12.0. The van der Waals surface area contributed by atoms with Gasteiger partial charge in [-0.1, -0.05) is 6.92 Å². The van der Waals surface area contributed by atoms with E-state index >= 15 is 0 Å². The van der Waals surface area contributed by atoms with Crippen LogP contribution in [0, 0.1) is 11.7 Å². The van der Waals surface area contributed by atoms with E-state index in [1.54, 1.807) is 11.6 Å². The van der Waals surface area contributed by atoms with Crippen molar-refractivity contribution < 1.29 is 9.53 Å². The lowest BCUT2D eigenvalue weighted by Gasteiger charge is -2.11. The van der Waals surface area contributed by atoms with Crippen molar-refractivity contribution in [2.24, 2.45) is 7.05 Å². The highest BCUT2D eigenvalue weighted by atomic mass is 32.1. The largest absolute Gasteiger partial charge is 0.494 e. The number of nitrogens with zero attached hydrogens (tertiary/aromatic N) is 2. The number of carbonyl (C=O) groups is 1. The standard InChI is InChI=1S/C15H21N5O2S/c1-4-7-22-11-5-6-12(10(2)8-11)17-14(21)16-9-13-18-19-15(23)20(13)3/h5-6,8H,4,7,9H2,1-3H3,(H,19,23)(H2,16,17,21). The molecule has 2 aromatic rings. The number of rotatable bonds is 6. The lowest BCUT2D eigenvalue weighted by atomic mass is 10.2. The average molecular weight is 335 g/mol. The number of aromatic nitrogens is 3. The van der Waals surface area contributed by atoms with Gasteiger partial charge < -0.3 is 19.9 Å². The Morgan fingerprint density at radius 3 is 2.87 bits per heavy atom. The van der Waals surface area contributed by atoms with E-state index in [1.807, 2.05) is 25.1 Å². The monoisotopic (exact) mass is 335 g/mol. The molecule has 0 unspecified atom stereocenters. The van der Waals surface area contributed by atoms with E-state index in [2.05, 4.69) is 27.8 Å². The topological polar surface area (TPSA) is 84.0 Å². The van der Waals surface area contributed by atoms with Crippen molar-refractivity contribution in [2.75, 3.05) is 11.9 Å². The molecule has 0 fully saturated rings. The van der Waals surface area contributed by atoms with Gasteiger partial charge in [0.2, 0.25) is 0 Å². The van der Waals surface area contributed by atoms with Crippen LogP contribution >= 0.6 is 12.2 Å². The molecule has 0 radical (unpaired) electrons. The Hall–Kier alpha value is -2.35. The van der Waals surface area contributed by atoms with Gasteiger partial charge in [-0.15, -0.1) is 0 Å². The van der Waals surface area contributed by atoms with Gasteiger partial charge in [0.1, 0.15) is 5.75 Å². The minimum absolute atomic E-state index is 0.284. The number of urea groups is 1. The van der Waals surface area contributed by atoms with Gasteiger partial charge in [0, 0.05) is 12.7 Å². The summed E-state index contributed by atoms with van der Waals surface area (Å²) in [6, 6.07) is 5.28. The first-order valence-electron chi connectivity index (χ1n) is 7.39. The molecule has 0 aliphatic carbocycles. The summed E-state index contributed by atoms with van der Waals surface area (Å²) in [5.74, 6) is 1.46. The number of hydrogen-bond acceptors (Lipinski definition) is 4. The number of aromatic amines is 1. The number of benzene rings is 1. The van der Waals surface area contributed by atoms with E-state index in [-0.39, 0.29) is 12.6 Å². The van der Waals surface area contributed by atoms with Crippen molar-refractivity contribution >= 4 is 23.9 Å². The maximum Gasteiger partial charge on any atom is 0.319 e. The number of amides is 2. The highest BCUT2D eigenvalue weighted by molar-refractivity contribution is 7.71. The van der Waals surface area contributed by atoms with Gasteiger partial charge in [-0.05, 0) is 49.3 Å². The first kappa shape index (κ1) is 17.0. The van der Waals surface area contributed by atoms with Crippen LogP contribution in [-0.2, 0) is 13.6 Å². The molecule has 124 valence electrons. The van der Waals surface area contributed by atoms with E-state index in [0.717, 1.165) is 23.4 Å². The summed E-state index contributed by atoms with van der Waals surface area (Å²) in [7, 11) is 1.79. The van der Waals surface area contributed by atoms with Crippen LogP contribution in [0.5, 0.6) is 5.75 Å². The minimum atomic E-state index is -0.302. The molecular weight excluding hydrogens is 314 g/mol. The lowest BCUT2D eigenvalue weighted by molar-refractivity contribution is 0.251. The number of ether oxygens (including phenoxy) is 1. The Labute approximate surface area is 140 Å². The molecule has 0 saturated carbocycles. The summed E-state index contributed by atoms with van der Waals surface area (Å²) < 4.78 is 7.79. The van der Waals surface area contributed by atoms with Gasteiger partial charge in [0.05, 0.1) is 13.2 Å². The van der Waals surface area contributed by atoms with Crippen molar-refractivity contribution in [3.8, 4) is 5.75 Å². The summed E-state index contributed by atoms with van der Waals surface area (Å²) in [5.41, 5.74) is 1.67. The van der Waals surface area contributed by atoms with Crippen molar-refractivity contribution in [3.63, 3.8) is 0 Å². The summed E-state index contributed by atoms with van der Waals surface area (Å²) in [5, 5.41) is 12.3. The molecule has 0 atom stereocenters. The molecule has 7 nitrogen and oxygen atoms in total. The second-order valence-electron chi connectivity index (χ2n) is 5.14. The number of carbonyl (C=O) groups excluding carboxylic acids is 1. The van der Waals surface area contributed by atoms with Crippen molar-refractivity contribution in [1.82, 2.24) is 20.1 Å². The molecule has 2 rings (SSSR count). The normalized spacial score (nSPS) is 10.4. The maximum absolute atomic E-state index is 12.0. The third-order valence-corrected chi connectivity index (χ3v) is 3.66. The van der Waals surface area contributed by atoms with Crippen LogP contribution in [0.3, 0.4) is 0 Å². The third kappa shape index (κ3) is 4.56. The molecule has 1 heterocycles. The third-order valence-electron chi connectivity index (χ3n) is 3.30. The number of anilines is 1. The van der Waals surface area contributed by atoms with Gasteiger partial charge in [0.15, 0.2) is 10.6 Å². The fourth-order valence-electron chi connectivity index (χ4n) is 1.95. The Morgan fingerprint density at radius 1 is 1.48 bits per heavy atom. The van der Waals surface area contributed by atoms with Crippen LogP contribution < -0.4 is 15.4 Å². The van der Waals surface area contributed by atoms with Gasteiger partial charge in [0.25, 0.3) is 0 Å². The smallest absolute Gasteiger partial charge is 0.319 e. The second kappa shape index (κ2) is 7.77. The zero-order valence-corrected chi connectivity index (χ0v) is 14.3. The fourth-order valence-corrected chi connectivity index (χ4v) is 2.10. The molecular formula is C15H21N5O2S. The maximum atomic E-state index is 12.0. The first-order chi connectivity index (χ1) is 11.0. The van der Waals surface area contributed by atoms with Gasteiger partial charge in [-0.25, -0.2) is 4.79 Å². The molecule has 3 N–H and O–H groups in total. The summed E-state index contributed by atoms with van der Waals surface area (Å²) >= 11 is 5.02. The highest BCUT2D eigenvalue weighted by Gasteiger charge is 2.08. The molecule has 1 aromatic heterocycles. The Bertz CT molecular complexity index is 738. The number of hydrogen-bond donors (Lipinski definition) is 3. The van der Waals surface area contributed by atoms with Crippen LogP contribution in [0.15, 0.2) is 18.2 Å². The second-order valence-corrected chi connectivity index (χ2v) is 5.52. The average Bonchev–Trinajstić information content (AvgIpc) is 2.85. The zero-order chi connectivity index (χ0) is 16.8. The quantitative estimate of drug-likeness (QED) is 0.709. The molecule has 0 aliphatic rings. The van der Waals surface area contributed by atoms with Crippen molar-refractivity contribution in [3.05, 3.63) is 34.4 Å². The molecule has 1 aromatic carbocycles. The molecule has 0 saturated heterocycles. The Kier molecular flexibility index (Phi) is 5.75. The van der Waals surface area contributed by atoms with Crippen LogP contribution in [0.2, 0.25) is 0 Å². The minimum Gasteiger partial charge on any atom is -0.494 e. The van der Waals surface area contributed by atoms with Crippen LogP contribution in [0.25, 0.3) is 0 Å². The van der Waals surface area contributed by atoms with E-state index in [4.69, 9.17) is 17.0 Å². The molecule has 8 heteroatoms. The SMILES string of the molecule is CCCOc1ccc(NC(=O)NCc2n[nH]c(=S)n2C)c(C)c1. The molecule has 0 bridgehead atoms. The molecule has 0 aliphatic heterocycles. The van der Waals surface area contributed by atoms with Crippen LogP contribution in [0.4, 0.5) is 10.5 Å². The number of nitrogens with one attached hydrogen (secondary N) is 3. The Morgan fingerprint density at radius 2 is 2.26 bits per heavy atom. The van der Waals surface area contributed by atoms with Gasteiger partial charge in [-0.3, -0.25) is 5.10 Å². The molecule has 2 amide bonds. The Balaban J connectivity index is 1.92. The van der Waals surface area contributed by atoms with E-state index < -0.39 is 0 Å². The summed E-state index contributed by atoms with van der Waals surface area (Å²) in [6.07, 6.45) is 0.956. The van der Waals surface area contributed by atoms with E-state index in [9.17, 15) is 4.79 Å². The predicted molar refractivity (Wildman–Crippen MR) is 91.2 cm³/mol. The van der Waals surface area contributed by atoms with Crippen molar-refractivity contribution in [1.29, 1.82) is 0 Å². The molecule has 23 heavy (non-hydrogen) atoms. The lowest BCUT2D eigenvalue weighted by Crippen LogP contribution is -2.29. The summed E-state index contributed by atoms with van der Waals surface area (Å²) in [6.45, 7) is 4.94. The highest BCUT2D eigenvalue weighted by Crippen LogP contribution is 2.21. The van der Waals surface area contributed by atoms with Crippen LogP contribution in [-0.4, -0.2) is 27.4 Å². The van der Waals surface area contributed by atoms with Crippen LogP contribution in [0.1, 0.15) is 24.7 Å². The van der Waals surface area contributed by atoms with Gasteiger partial charge >= 0.3 is 6.03 Å². The van der Waals surface area contributed by atoms with E-state index in [0.29, 0.717) is 17.2 Å². The van der Waals surface area contributed by atoms with Gasteiger partial charge in [-0.2, -0.15) is 5.10 Å². The predicted octanol–water partition coefficient (Wildman–Crippen LogP) is 2.90. The zero-order valence-electron chi connectivity index (χ0n) is 13.5. The van der Waals surface area contributed by atoms with E-state index in [1.165, 1.54) is 0 Å². The fraction of sp³-hybridized carbons (Fsp3) is 0.400.